The van der Waals surface area contributed by atoms with Crippen molar-refractivity contribution >= 4 is 84.9 Å². The zero-order chi connectivity index (χ0) is 35.9. The molecular weight excluding hydrogens is 725 g/mol. The average molecular weight is 798 g/mol. The Balaban J connectivity index is 5.66. The van der Waals surface area contributed by atoms with Crippen molar-refractivity contribution < 1.29 is 37.3 Å². The number of hydrogen-bond donors (Lipinski definition) is 0. The third-order valence-electron chi connectivity index (χ3n) is 6.01. The summed E-state index contributed by atoms with van der Waals surface area (Å²) in [4.78, 5) is 0. The standard InChI is InChI=1S/C25H72O9Si10/c1-25(2,26-38(11,12)30-42(19,20)31-39(13,14)27-35(3,4)5)37(9,10)29-41(17,18)33-44(23,24)34-43(21,22)32-40(15,16)28-36(6,7)8/h1-24H3. The van der Waals surface area contributed by atoms with E-state index in [1.54, 1.807) is 0 Å². The van der Waals surface area contributed by atoms with Crippen LogP contribution in [0, 0.1) is 0 Å². The molecule has 0 aliphatic rings. The van der Waals surface area contributed by atoms with E-state index in [2.05, 4.69) is 158 Å². The lowest BCUT2D eigenvalue weighted by molar-refractivity contribution is 0.116. The van der Waals surface area contributed by atoms with Gasteiger partial charge in [-0.15, -0.1) is 0 Å². The zero-order valence-corrected chi connectivity index (χ0v) is 43.2. The summed E-state index contributed by atoms with van der Waals surface area (Å²) >= 11 is 0. The van der Waals surface area contributed by atoms with Gasteiger partial charge in [0.25, 0.3) is 0 Å². The average Bonchev–Trinajstić information content (AvgIpc) is 2.47. The molecule has 0 saturated heterocycles. The van der Waals surface area contributed by atoms with Crippen LogP contribution in [0.15, 0.2) is 0 Å². The minimum absolute atomic E-state index is 0.532. The zero-order valence-electron chi connectivity index (χ0n) is 33.2. The van der Waals surface area contributed by atoms with Crippen LogP contribution in [0.1, 0.15) is 13.8 Å². The fourth-order valence-corrected chi connectivity index (χ4v) is 53.8. The predicted molar refractivity (Wildman–Crippen MR) is 210 cm³/mol. The van der Waals surface area contributed by atoms with Gasteiger partial charge in [0.05, 0.1) is 5.22 Å². The Morgan fingerprint density at radius 3 is 0.727 bits per heavy atom. The van der Waals surface area contributed by atoms with E-state index in [1.165, 1.54) is 0 Å². The third kappa shape index (κ3) is 19.1. The summed E-state index contributed by atoms with van der Waals surface area (Å²) in [5, 5.41) is -0.532. The summed E-state index contributed by atoms with van der Waals surface area (Å²) < 4.78 is 60.4. The van der Waals surface area contributed by atoms with Gasteiger partial charge in [-0.1, -0.05) is 0 Å². The van der Waals surface area contributed by atoms with Crippen LogP contribution in [0.5, 0.6) is 0 Å². The second-order valence-electron chi connectivity index (χ2n) is 18.0. The van der Waals surface area contributed by atoms with Crippen LogP contribution in [0.25, 0.3) is 0 Å². The van der Waals surface area contributed by atoms with E-state index in [4.69, 9.17) is 37.3 Å². The molecule has 0 aliphatic carbocycles. The van der Waals surface area contributed by atoms with Crippen LogP contribution in [0.2, 0.25) is 144 Å². The molecular formula is C25H72O9Si10. The maximum absolute atomic E-state index is 7.01. The van der Waals surface area contributed by atoms with Gasteiger partial charge in [0.15, 0.2) is 16.6 Å². The lowest BCUT2D eigenvalue weighted by Crippen LogP contribution is -2.66. The van der Waals surface area contributed by atoms with Gasteiger partial charge in [-0.3, -0.25) is 0 Å². The Hall–Kier alpha value is 1.81. The highest BCUT2D eigenvalue weighted by atomic mass is 28.5. The summed E-state index contributed by atoms with van der Waals surface area (Å²) in [6, 6.07) is 0. The first-order chi connectivity index (χ1) is 18.6. The summed E-state index contributed by atoms with van der Waals surface area (Å²) in [5.41, 5.74) is 0. The molecule has 0 aromatic carbocycles. The van der Waals surface area contributed by atoms with Gasteiger partial charge in [0.1, 0.15) is 0 Å². The van der Waals surface area contributed by atoms with E-state index in [1.807, 2.05) is 0 Å². The lowest BCUT2D eigenvalue weighted by atomic mass is 10.5. The van der Waals surface area contributed by atoms with Crippen molar-refractivity contribution in [3.05, 3.63) is 0 Å². The highest BCUT2D eigenvalue weighted by molar-refractivity contribution is 6.92. The van der Waals surface area contributed by atoms with Gasteiger partial charge in [-0.25, -0.2) is 0 Å². The maximum Gasteiger partial charge on any atom is 0.323 e. The SMILES string of the molecule is CC(C)(O[Si](C)(C)O[Si](C)(C)O[Si](C)(C)O[Si](C)(C)C)[Si](C)(C)O[Si](C)(C)O[Si](C)(C)O[Si](C)(C)O[Si](C)(C)O[Si](C)(C)C. The monoisotopic (exact) mass is 796 g/mol. The fraction of sp³-hybridized carbons (Fsp3) is 1.00. The highest BCUT2D eigenvalue weighted by Gasteiger charge is 2.53. The molecule has 0 bridgehead atoms. The summed E-state index contributed by atoms with van der Waals surface area (Å²) in [7, 11) is -23.6. The number of hydrogen-bond acceptors (Lipinski definition) is 9. The van der Waals surface area contributed by atoms with E-state index in [9.17, 15) is 0 Å². The van der Waals surface area contributed by atoms with Crippen LogP contribution in [-0.4, -0.2) is 90.1 Å². The van der Waals surface area contributed by atoms with Gasteiger partial charge >= 0.3 is 59.9 Å². The molecule has 0 atom stereocenters. The molecule has 0 aliphatic heterocycles. The molecule has 9 nitrogen and oxygen atoms in total. The molecule has 0 spiro atoms. The van der Waals surface area contributed by atoms with Gasteiger partial charge in [0, 0.05) is 0 Å². The van der Waals surface area contributed by atoms with Crippen molar-refractivity contribution in [2.24, 2.45) is 0 Å². The highest BCUT2D eigenvalue weighted by Crippen LogP contribution is 2.35. The normalized spacial score (nSPS) is 16.1. The van der Waals surface area contributed by atoms with E-state index < -0.39 is 90.1 Å². The van der Waals surface area contributed by atoms with Crippen LogP contribution >= 0.6 is 0 Å². The molecule has 0 aromatic heterocycles. The third-order valence-corrected chi connectivity index (χ3v) is 42.7. The topological polar surface area (TPSA) is 83.1 Å². The molecule has 0 radical (unpaired) electrons. The minimum Gasteiger partial charge on any atom is -0.437 e. The lowest BCUT2D eigenvalue weighted by Gasteiger charge is -2.49. The Kier molecular flexibility index (Phi) is 15.2. The van der Waals surface area contributed by atoms with E-state index in [-0.39, 0.29) is 0 Å². The van der Waals surface area contributed by atoms with Crippen molar-refractivity contribution in [2.75, 3.05) is 0 Å². The Morgan fingerprint density at radius 2 is 0.477 bits per heavy atom. The quantitative estimate of drug-likeness (QED) is 0.119. The molecule has 0 aromatic rings. The Labute approximate surface area is 283 Å². The van der Waals surface area contributed by atoms with Crippen molar-refractivity contribution in [2.45, 2.75) is 163 Å². The van der Waals surface area contributed by atoms with Crippen molar-refractivity contribution in [1.82, 2.24) is 0 Å². The molecule has 0 unspecified atom stereocenters. The van der Waals surface area contributed by atoms with Crippen molar-refractivity contribution in [1.29, 1.82) is 0 Å². The summed E-state index contributed by atoms with van der Waals surface area (Å²) in [6.45, 7) is 51.4. The molecule has 0 fully saturated rings. The van der Waals surface area contributed by atoms with Gasteiger partial charge < -0.3 is 37.3 Å². The van der Waals surface area contributed by atoms with Crippen LogP contribution < -0.4 is 0 Å². The van der Waals surface area contributed by atoms with E-state index in [0.29, 0.717) is 0 Å². The van der Waals surface area contributed by atoms with E-state index >= 15 is 0 Å². The van der Waals surface area contributed by atoms with Crippen molar-refractivity contribution in [3.8, 4) is 0 Å². The van der Waals surface area contributed by atoms with Crippen LogP contribution in [-0.2, 0) is 37.3 Å². The van der Waals surface area contributed by atoms with E-state index in [0.717, 1.165) is 0 Å². The number of rotatable bonds is 19. The molecule has 19 heteroatoms. The summed E-state index contributed by atoms with van der Waals surface area (Å²) in [6.07, 6.45) is 0. The van der Waals surface area contributed by atoms with Crippen molar-refractivity contribution in [3.63, 3.8) is 0 Å². The predicted octanol–water partition coefficient (Wildman–Crippen LogP) is 9.24. The van der Waals surface area contributed by atoms with Crippen LogP contribution in [0.4, 0.5) is 0 Å². The molecule has 0 rings (SSSR count). The largest absolute Gasteiger partial charge is 0.437 e. The summed E-state index contributed by atoms with van der Waals surface area (Å²) in [5.74, 6) is 0. The molecule has 44 heavy (non-hydrogen) atoms. The van der Waals surface area contributed by atoms with Gasteiger partial charge in [-0.05, 0) is 158 Å². The maximum atomic E-state index is 7.01. The molecule has 0 heterocycles. The first kappa shape index (κ1) is 45.8. The fourth-order valence-electron chi connectivity index (χ4n) is 6.05. The van der Waals surface area contributed by atoms with Gasteiger partial charge in [-0.2, -0.15) is 0 Å². The molecule has 266 valence electrons. The van der Waals surface area contributed by atoms with Gasteiger partial charge in [0.2, 0.25) is 8.32 Å². The Morgan fingerprint density at radius 1 is 0.273 bits per heavy atom. The first-order valence-electron chi connectivity index (χ1n) is 15.9. The second kappa shape index (κ2) is 14.6. The molecule has 0 saturated carbocycles. The molecule has 0 amide bonds. The van der Waals surface area contributed by atoms with Crippen LogP contribution in [0.3, 0.4) is 0 Å². The molecule has 0 N–H and O–H groups in total. The second-order valence-corrected chi connectivity index (χ2v) is 57.0. The first-order valence-corrected chi connectivity index (χ1v) is 45.4. The Bertz CT molecular complexity index is 942. The smallest absolute Gasteiger partial charge is 0.323 e. The minimum atomic E-state index is -2.63.